The lowest BCUT2D eigenvalue weighted by Gasteiger charge is -2.11. The van der Waals surface area contributed by atoms with Crippen LogP contribution in [0.15, 0.2) is 47.0 Å². The third-order valence-corrected chi connectivity index (χ3v) is 4.62. The topological polar surface area (TPSA) is 86.5 Å². The molecule has 3 aromatic rings. The number of amides is 1. The van der Waals surface area contributed by atoms with E-state index in [2.05, 4.69) is 22.4 Å². The van der Waals surface area contributed by atoms with Crippen LogP contribution in [0.2, 0.25) is 0 Å². The zero-order chi connectivity index (χ0) is 21.3. The van der Waals surface area contributed by atoms with Gasteiger partial charge in [0.25, 0.3) is 0 Å². The van der Waals surface area contributed by atoms with Gasteiger partial charge in [-0.1, -0.05) is 18.5 Å². The molecule has 0 aliphatic rings. The van der Waals surface area contributed by atoms with Crippen molar-refractivity contribution < 1.29 is 18.8 Å². The molecule has 1 aromatic heterocycles. The number of hydrogen-bond donors (Lipinski definition) is 1. The van der Waals surface area contributed by atoms with Crippen LogP contribution < -0.4 is 14.8 Å². The second kappa shape index (κ2) is 10.4. The molecular formula is C23H27N3O4. The van der Waals surface area contributed by atoms with E-state index in [-0.39, 0.29) is 12.3 Å². The molecule has 0 saturated heterocycles. The average molecular weight is 409 g/mol. The molecule has 0 bridgehead atoms. The Bertz CT molecular complexity index is 967. The third-order valence-electron chi connectivity index (χ3n) is 4.62. The van der Waals surface area contributed by atoms with Gasteiger partial charge in [-0.2, -0.15) is 4.98 Å². The number of nitrogens with zero attached hydrogens (tertiary/aromatic N) is 2. The number of carbonyl (C=O) groups is 1. The van der Waals surface area contributed by atoms with Crippen LogP contribution in [0, 0.1) is 6.92 Å². The lowest BCUT2D eigenvalue weighted by atomic mass is 10.2. The third kappa shape index (κ3) is 5.83. The van der Waals surface area contributed by atoms with Crippen LogP contribution in [0.5, 0.6) is 11.5 Å². The molecule has 3 rings (SSSR count). The summed E-state index contributed by atoms with van der Waals surface area (Å²) in [5.74, 6) is 2.38. The van der Waals surface area contributed by atoms with E-state index in [9.17, 15) is 4.79 Å². The summed E-state index contributed by atoms with van der Waals surface area (Å²) in [6, 6.07) is 13.1. The van der Waals surface area contributed by atoms with Gasteiger partial charge >= 0.3 is 0 Å². The van der Waals surface area contributed by atoms with Crippen molar-refractivity contribution in [2.45, 2.75) is 39.5 Å². The van der Waals surface area contributed by atoms with E-state index in [0.29, 0.717) is 24.7 Å². The van der Waals surface area contributed by atoms with Gasteiger partial charge in [-0.3, -0.25) is 4.79 Å². The quantitative estimate of drug-likeness (QED) is 0.484. The van der Waals surface area contributed by atoms with Crippen molar-refractivity contribution in [3.63, 3.8) is 0 Å². The molecule has 7 heteroatoms. The van der Waals surface area contributed by atoms with E-state index in [1.807, 2.05) is 49.4 Å². The van der Waals surface area contributed by atoms with E-state index in [1.54, 1.807) is 7.11 Å². The number of anilines is 1. The van der Waals surface area contributed by atoms with E-state index in [1.165, 1.54) is 0 Å². The number of methoxy groups -OCH3 is 1. The summed E-state index contributed by atoms with van der Waals surface area (Å²) in [5, 5.41) is 6.91. The van der Waals surface area contributed by atoms with Gasteiger partial charge in [-0.05, 0) is 61.4 Å². The predicted molar refractivity (Wildman–Crippen MR) is 115 cm³/mol. The Morgan fingerprint density at radius 3 is 2.60 bits per heavy atom. The Labute approximate surface area is 176 Å². The smallest absolute Gasteiger partial charge is 0.227 e. The number of benzene rings is 2. The van der Waals surface area contributed by atoms with Gasteiger partial charge in [-0.15, -0.1) is 0 Å². The zero-order valence-corrected chi connectivity index (χ0v) is 17.6. The molecule has 0 aliphatic heterocycles. The Morgan fingerprint density at radius 2 is 1.90 bits per heavy atom. The molecule has 0 aliphatic carbocycles. The first-order chi connectivity index (χ1) is 14.6. The molecule has 30 heavy (non-hydrogen) atoms. The summed E-state index contributed by atoms with van der Waals surface area (Å²) >= 11 is 0. The van der Waals surface area contributed by atoms with Crippen molar-refractivity contribution in [2.75, 3.05) is 19.0 Å². The van der Waals surface area contributed by atoms with Crippen molar-refractivity contribution in [2.24, 2.45) is 0 Å². The SMILES string of the molecule is CCCCOc1ccc(NC(=O)CCc2nc(-c3ccc(OC)cc3)no2)c(C)c1. The molecule has 0 spiro atoms. The minimum absolute atomic E-state index is 0.109. The number of aromatic nitrogens is 2. The van der Waals surface area contributed by atoms with Crippen molar-refractivity contribution >= 4 is 11.6 Å². The Balaban J connectivity index is 1.51. The number of nitrogens with one attached hydrogen (secondary N) is 1. The first kappa shape index (κ1) is 21.4. The molecular weight excluding hydrogens is 382 g/mol. The molecule has 0 unspecified atom stereocenters. The van der Waals surface area contributed by atoms with Gasteiger partial charge in [-0.25, -0.2) is 0 Å². The van der Waals surface area contributed by atoms with Crippen LogP contribution in [0.4, 0.5) is 5.69 Å². The summed E-state index contributed by atoms with van der Waals surface area (Å²) in [4.78, 5) is 16.7. The molecule has 7 nitrogen and oxygen atoms in total. The molecule has 0 saturated carbocycles. The normalized spacial score (nSPS) is 10.6. The van der Waals surface area contributed by atoms with E-state index >= 15 is 0 Å². The van der Waals surface area contributed by atoms with Gasteiger partial charge in [0.15, 0.2) is 0 Å². The highest BCUT2D eigenvalue weighted by atomic mass is 16.5. The molecule has 1 N–H and O–H groups in total. The monoisotopic (exact) mass is 409 g/mol. The van der Waals surface area contributed by atoms with Crippen LogP contribution in [0.25, 0.3) is 11.4 Å². The summed E-state index contributed by atoms with van der Waals surface area (Å²) in [5.41, 5.74) is 2.55. The van der Waals surface area contributed by atoms with E-state index < -0.39 is 0 Å². The first-order valence-electron chi connectivity index (χ1n) is 10.1. The van der Waals surface area contributed by atoms with Crippen LogP contribution in [0.3, 0.4) is 0 Å². The maximum Gasteiger partial charge on any atom is 0.227 e. The van der Waals surface area contributed by atoms with Gasteiger partial charge in [0, 0.05) is 24.1 Å². The van der Waals surface area contributed by atoms with Crippen LogP contribution >= 0.6 is 0 Å². The molecule has 0 atom stereocenters. The molecule has 158 valence electrons. The second-order valence-corrected chi connectivity index (χ2v) is 6.97. The molecule has 2 aromatic carbocycles. The summed E-state index contributed by atoms with van der Waals surface area (Å²) in [6.07, 6.45) is 2.73. The lowest BCUT2D eigenvalue weighted by Crippen LogP contribution is -2.13. The van der Waals surface area contributed by atoms with E-state index in [0.717, 1.165) is 41.2 Å². The number of ether oxygens (including phenoxy) is 2. The van der Waals surface area contributed by atoms with Crippen molar-refractivity contribution in [1.29, 1.82) is 0 Å². The van der Waals surface area contributed by atoms with Crippen LogP contribution in [-0.4, -0.2) is 29.8 Å². The fourth-order valence-corrected chi connectivity index (χ4v) is 2.85. The zero-order valence-electron chi connectivity index (χ0n) is 17.6. The number of carbonyl (C=O) groups excluding carboxylic acids is 1. The van der Waals surface area contributed by atoms with Crippen LogP contribution in [0.1, 0.15) is 37.6 Å². The van der Waals surface area contributed by atoms with Gasteiger partial charge in [0.05, 0.1) is 13.7 Å². The van der Waals surface area contributed by atoms with Gasteiger partial charge in [0.2, 0.25) is 17.6 Å². The molecule has 0 radical (unpaired) electrons. The highest BCUT2D eigenvalue weighted by Gasteiger charge is 2.12. The molecule has 1 heterocycles. The van der Waals surface area contributed by atoms with Gasteiger partial charge in [0.1, 0.15) is 11.5 Å². The average Bonchev–Trinajstić information content (AvgIpc) is 3.23. The maximum atomic E-state index is 12.3. The van der Waals surface area contributed by atoms with Crippen molar-refractivity contribution in [3.05, 3.63) is 53.9 Å². The highest BCUT2D eigenvalue weighted by molar-refractivity contribution is 5.91. The largest absolute Gasteiger partial charge is 0.497 e. The minimum atomic E-state index is -0.109. The minimum Gasteiger partial charge on any atom is -0.497 e. The first-order valence-corrected chi connectivity index (χ1v) is 10.1. The predicted octanol–water partition coefficient (Wildman–Crippen LogP) is 4.80. The van der Waals surface area contributed by atoms with E-state index in [4.69, 9.17) is 14.0 Å². The Kier molecular flexibility index (Phi) is 7.43. The van der Waals surface area contributed by atoms with Crippen molar-refractivity contribution in [3.8, 4) is 22.9 Å². The standard InChI is InChI=1S/C23H27N3O4/c1-4-5-14-29-19-10-11-20(16(2)15-19)24-21(27)12-13-22-25-23(26-30-22)17-6-8-18(28-3)9-7-17/h6-11,15H,4-5,12-14H2,1-3H3,(H,24,27). The summed E-state index contributed by atoms with van der Waals surface area (Å²) < 4.78 is 16.1. The van der Waals surface area contributed by atoms with Crippen molar-refractivity contribution in [1.82, 2.24) is 10.1 Å². The van der Waals surface area contributed by atoms with Crippen LogP contribution in [-0.2, 0) is 11.2 Å². The summed E-state index contributed by atoms with van der Waals surface area (Å²) in [6.45, 7) is 4.77. The maximum absolute atomic E-state index is 12.3. The fourth-order valence-electron chi connectivity index (χ4n) is 2.85. The lowest BCUT2D eigenvalue weighted by molar-refractivity contribution is -0.116. The highest BCUT2D eigenvalue weighted by Crippen LogP contribution is 2.22. The fraction of sp³-hybridized carbons (Fsp3) is 0.348. The Morgan fingerprint density at radius 1 is 1.13 bits per heavy atom. The molecule has 1 amide bonds. The number of aryl methyl sites for hydroxylation is 2. The summed E-state index contributed by atoms with van der Waals surface area (Å²) in [7, 11) is 1.61. The molecule has 0 fully saturated rings. The second-order valence-electron chi connectivity index (χ2n) is 6.97. The number of unbranched alkanes of at least 4 members (excludes halogenated alkanes) is 1. The number of hydrogen-bond acceptors (Lipinski definition) is 6. The Hall–Kier alpha value is -3.35. The van der Waals surface area contributed by atoms with Gasteiger partial charge < -0.3 is 19.3 Å². The number of rotatable bonds is 10.